The summed E-state index contributed by atoms with van der Waals surface area (Å²) in [5, 5.41) is 7.67. The Bertz CT molecular complexity index is 1750. The molecule has 0 saturated heterocycles. The number of aromatic nitrogens is 2. The van der Waals surface area contributed by atoms with Gasteiger partial charge in [-0.05, 0) is 66.2 Å². The zero-order valence-electron chi connectivity index (χ0n) is 22.1. The number of halogens is 2. The second-order valence-corrected chi connectivity index (χ2v) is 11.1. The van der Waals surface area contributed by atoms with Crippen LogP contribution >= 0.6 is 11.6 Å². The summed E-state index contributed by atoms with van der Waals surface area (Å²) in [5.74, 6) is 4.97. The van der Waals surface area contributed by atoms with Crippen LogP contribution in [0, 0.1) is 18.2 Å². The first-order chi connectivity index (χ1) is 19.9. The summed E-state index contributed by atoms with van der Waals surface area (Å²) in [7, 11) is -1.04. The summed E-state index contributed by atoms with van der Waals surface area (Å²) < 4.78 is 37.3. The number of furan rings is 1. The summed E-state index contributed by atoms with van der Waals surface area (Å²) in [6.45, 7) is 0.527. The number of hydrogen-bond acceptors (Lipinski definition) is 7. The van der Waals surface area contributed by atoms with Crippen molar-refractivity contribution in [3.8, 4) is 29.4 Å². The van der Waals surface area contributed by atoms with Crippen LogP contribution in [0.15, 0.2) is 83.5 Å². The Morgan fingerprint density at radius 3 is 2.78 bits per heavy atom. The van der Waals surface area contributed by atoms with Crippen LogP contribution < -0.4 is 15.4 Å². The Labute approximate surface area is 244 Å². The topological polar surface area (TPSA) is 89.3 Å². The minimum absolute atomic E-state index is 0.190. The maximum absolute atomic E-state index is 13.5. The van der Waals surface area contributed by atoms with E-state index in [0.717, 1.165) is 16.5 Å². The lowest BCUT2D eigenvalue weighted by Crippen LogP contribution is -2.26. The Morgan fingerprint density at radius 2 is 2.00 bits per heavy atom. The number of fused-ring (bicyclic) bond motifs is 1. The third kappa shape index (κ3) is 7.11. The number of ether oxygens (including phenoxy) is 1. The third-order valence-electron chi connectivity index (χ3n) is 6.22. The van der Waals surface area contributed by atoms with Crippen molar-refractivity contribution in [2.45, 2.75) is 12.6 Å². The van der Waals surface area contributed by atoms with Gasteiger partial charge >= 0.3 is 0 Å². The van der Waals surface area contributed by atoms with Crippen molar-refractivity contribution in [1.29, 1.82) is 0 Å². The predicted molar refractivity (Wildman–Crippen MR) is 161 cm³/mol. The zero-order valence-corrected chi connectivity index (χ0v) is 23.6. The van der Waals surface area contributed by atoms with Gasteiger partial charge < -0.3 is 14.5 Å². The molecule has 0 bridgehead atoms. The molecule has 2 N–H and O–H groups in total. The number of terminal acetylenes is 1. The highest BCUT2D eigenvalue weighted by Crippen LogP contribution is 2.33. The van der Waals surface area contributed by atoms with E-state index < -0.39 is 10.8 Å². The quantitative estimate of drug-likeness (QED) is 0.167. The normalized spacial score (nSPS) is 12.5. The van der Waals surface area contributed by atoms with Gasteiger partial charge in [-0.1, -0.05) is 29.7 Å². The van der Waals surface area contributed by atoms with Crippen LogP contribution in [0.4, 0.5) is 15.9 Å². The van der Waals surface area contributed by atoms with Crippen LogP contribution in [-0.2, 0) is 17.4 Å². The van der Waals surface area contributed by atoms with Gasteiger partial charge in [0.05, 0.1) is 23.1 Å². The van der Waals surface area contributed by atoms with Crippen molar-refractivity contribution in [3.63, 3.8) is 0 Å². The van der Waals surface area contributed by atoms with Crippen LogP contribution in [0.1, 0.15) is 17.4 Å². The van der Waals surface area contributed by atoms with Gasteiger partial charge in [-0.15, -0.1) is 6.42 Å². The van der Waals surface area contributed by atoms with Crippen molar-refractivity contribution in [2.75, 3.05) is 23.9 Å². The minimum atomic E-state index is -1.04. The standard InChI is InChI=1S/C31H26ClFN4O3S/c1-3-13-34-27(18-41(2)38)30-12-11-28(40-30)21-7-9-26-24(15-21)31(36-19-35-26)37-23-8-10-29(25(32)16-23)39-17-20-5-4-6-22(33)14-20/h1,4-12,14-16,19,27,34H,13,17-18H2,2H3,(H,35,36,37)/t27?,41-/m1/s1. The molecule has 2 atom stereocenters. The van der Waals surface area contributed by atoms with E-state index in [1.165, 1.54) is 18.5 Å². The van der Waals surface area contributed by atoms with Gasteiger partial charge in [0.25, 0.3) is 0 Å². The second-order valence-electron chi connectivity index (χ2n) is 9.22. The van der Waals surface area contributed by atoms with Gasteiger partial charge in [0.1, 0.15) is 41.8 Å². The lowest BCUT2D eigenvalue weighted by molar-refractivity contribution is 0.306. The lowest BCUT2D eigenvalue weighted by Gasteiger charge is -2.13. The first-order valence-corrected chi connectivity index (χ1v) is 14.8. The molecule has 10 heteroatoms. The summed E-state index contributed by atoms with van der Waals surface area (Å²) in [6, 6.07) is 20.8. The average molecular weight is 589 g/mol. The van der Waals surface area contributed by atoms with Crippen molar-refractivity contribution >= 4 is 44.8 Å². The smallest absolute Gasteiger partial charge is 0.141 e. The Hall–Kier alpha value is -4.23. The molecule has 7 nitrogen and oxygen atoms in total. The number of nitrogens with zero attached hydrogens (tertiary/aromatic N) is 2. The highest BCUT2D eigenvalue weighted by molar-refractivity contribution is 7.84. The van der Waals surface area contributed by atoms with Crippen LogP contribution in [0.3, 0.4) is 0 Å². The first kappa shape index (κ1) is 28.3. The zero-order chi connectivity index (χ0) is 28.8. The highest BCUT2D eigenvalue weighted by Gasteiger charge is 2.18. The molecule has 0 fully saturated rings. The maximum atomic E-state index is 13.5. The van der Waals surface area contributed by atoms with Gasteiger partial charge in [-0.3, -0.25) is 9.53 Å². The fourth-order valence-corrected chi connectivity index (χ4v) is 5.27. The molecule has 0 aliphatic carbocycles. The summed E-state index contributed by atoms with van der Waals surface area (Å²) >= 11 is 6.49. The Kier molecular flexibility index (Phi) is 8.95. The number of nitrogens with one attached hydrogen (secondary N) is 2. The fraction of sp³-hybridized carbons (Fsp3) is 0.161. The molecule has 0 aliphatic heterocycles. The molecule has 41 heavy (non-hydrogen) atoms. The molecule has 0 spiro atoms. The molecule has 0 amide bonds. The highest BCUT2D eigenvalue weighted by atomic mass is 35.5. The largest absolute Gasteiger partial charge is 0.487 e. The molecule has 5 rings (SSSR count). The van der Waals surface area contributed by atoms with E-state index in [1.54, 1.807) is 30.5 Å². The Morgan fingerprint density at radius 1 is 1.12 bits per heavy atom. The molecular weight excluding hydrogens is 563 g/mol. The van der Waals surface area contributed by atoms with Gasteiger partial charge in [0.2, 0.25) is 0 Å². The fourth-order valence-electron chi connectivity index (χ4n) is 4.28. The second kappa shape index (κ2) is 13.0. The number of benzene rings is 3. The molecule has 3 aromatic carbocycles. The average Bonchev–Trinajstić information content (AvgIpc) is 3.45. The summed E-state index contributed by atoms with van der Waals surface area (Å²) in [5.41, 5.74) is 2.98. The number of hydrogen-bond donors (Lipinski definition) is 2. The molecule has 0 aliphatic rings. The molecule has 0 saturated carbocycles. The van der Waals surface area contributed by atoms with Crippen molar-refractivity contribution in [3.05, 3.63) is 101 Å². The van der Waals surface area contributed by atoms with Crippen LogP contribution in [-0.4, -0.2) is 32.7 Å². The maximum Gasteiger partial charge on any atom is 0.141 e. The van der Waals surface area contributed by atoms with Gasteiger partial charge in [0, 0.05) is 39.4 Å². The third-order valence-corrected chi connectivity index (χ3v) is 7.32. The lowest BCUT2D eigenvalue weighted by atomic mass is 10.1. The van der Waals surface area contributed by atoms with E-state index in [2.05, 4.69) is 26.5 Å². The van der Waals surface area contributed by atoms with E-state index >= 15 is 0 Å². The van der Waals surface area contributed by atoms with Gasteiger partial charge in [-0.2, -0.15) is 0 Å². The summed E-state index contributed by atoms with van der Waals surface area (Å²) in [4.78, 5) is 8.84. The van der Waals surface area contributed by atoms with E-state index in [0.29, 0.717) is 51.7 Å². The van der Waals surface area contributed by atoms with Crippen molar-refractivity contribution in [2.24, 2.45) is 0 Å². The first-order valence-electron chi connectivity index (χ1n) is 12.6. The van der Waals surface area contributed by atoms with Crippen LogP contribution in [0.2, 0.25) is 5.02 Å². The molecule has 2 aromatic heterocycles. The molecule has 2 heterocycles. The van der Waals surface area contributed by atoms with Gasteiger partial charge in [0.15, 0.2) is 0 Å². The SMILES string of the molecule is C#CCNC(C[S@@](C)=O)c1ccc(-c2ccc3ncnc(Nc4ccc(OCc5cccc(F)c5)c(Cl)c4)c3c2)o1. The monoisotopic (exact) mass is 588 g/mol. The van der Waals surface area contributed by atoms with Crippen LogP contribution in [0.25, 0.3) is 22.2 Å². The number of anilines is 2. The molecule has 1 unspecified atom stereocenters. The summed E-state index contributed by atoms with van der Waals surface area (Å²) in [6.07, 6.45) is 8.53. The molecule has 208 valence electrons. The minimum Gasteiger partial charge on any atom is -0.487 e. The van der Waals surface area contributed by atoms with E-state index in [4.69, 9.17) is 27.2 Å². The molecular formula is C31H26ClFN4O3S. The van der Waals surface area contributed by atoms with E-state index in [1.807, 2.05) is 36.4 Å². The Balaban J connectivity index is 1.36. The van der Waals surface area contributed by atoms with Crippen molar-refractivity contribution < 1.29 is 17.8 Å². The number of rotatable bonds is 11. The van der Waals surface area contributed by atoms with Crippen molar-refractivity contribution in [1.82, 2.24) is 15.3 Å². The van der Waals surface area contributed by atoms with E-state index in [-0.39, 0.29) is 18.5 Å². The van der Waals surface area contributed by atoms with Gasteiger partial charge in [-0.25, -0.2) is 14.4 Å². The molecule has 5 aromatic rings. The van der Waals surface area contributed by atoms with E-state index in [9.17, 15) is 8.60 Å². The predicted octanol–water partition coefficient (Wildman–Crippen LogP) is 6.65. The van der Waals surface area contributed by atoms with Crippen LogP contribution in [0.5, 0.6) is 5.75 Å². The molecule has 0 radical (unpaired) electrons.